The van der Waals surface area contributed by atoms with Crippen LogP contribution in [-0.2, 0) is 13.8 Å². The number of carbonyl (C=O) groups is 1. The van der Waals surface area contributed by atoms with Gasteiger partial charge in [0.2, 0.25) is 0 Å². The van der Waals surface area contributed by atoms with Crippen LogP contribution in [0.5, 0.6) is 0 Å². The summed E-state index contributed by atoms with van der Waals surface area (Å²) < 4.78 is 27.8. The molecular weight excluding hydrogens is 302 g/mol. The van der Waals surface area contributed by atoms with E-state index < -0.39 is 9.05 Å². The fourth-order valence-corrected chi connectivity index (χ4v) is 2.41. The topological polar surface area (TPSA) is 72.5 Å². The smallest absolute Gasteiger partial charge is 0.261 e. The van der Waals surface area contributed by atoms with Crippen LogP contribution in [0.2, 0.25) is 0 Å². The number of ether oxygens (including phenoxy) is 1. The minimum absolute atomic E-state index is 0.0904. The molecular formula is C13H18ClNO4S. The Bertz CT molecular complexity index is 586. The molecule has 1 atom stereocenters. The molecule has 1 aromatic rings. The zero-order chi connectivity index (χ0) is 15.3. The van der Waals surface area contributed by atoms with Gasteiger partial charge >= 0.3 is 0 Å². The highest BCUT2D eigenvalue weighted by molar-refractivity contribution is 8.13. The summed E-state index contributed by atoms with van der Waals surface area (Å²) in [6, 6.07) is 4.04. The van der Waals surface area contributed by atoms with Crippen LogP contribution in [0.4, 0.5) is 0 Å². The van der Waals surface area contributed by atoms with Gasteiger partial charge in [0, 0.05) is 28.9 Å². The summed E-state index contributed by atoms with van der Waals surface area (Å²) in [5, 5.41) is 2.75. The Labute approximate surface area is 123 Å². The van der Waals surface area contributed by atoms with Crippen LogP contribution < -0.4 is 5.32 Å². The highest BCUT2D eigenvalue weighted by Gasteiger charge is 2.17. The van der Waals surface area contributed by atoms with Crippen LogP contribution in [0.3, 0.4) is 0 Å². The average molecular weight is 320 g/mol. The number of carbonyl (C=O) groups excluding carboxylic acids is 1. The molecule has 112 valence electrons. The summed E-state index contributed by atoms with van der Waals surface area (Å²) >= 11 is 0. The van der Waals surface area contributed by atoms with Gasteiger partial charge in [0.15, 0.2) is 0 Å². The van der Waals surface area contributed by atoms with Crippen molar-refractivity contribution < 1.29 is 17.9 Å². The SMILES string of the molecule is CCOCC(C)NC(=O)c1cc(S(=O)(=O)Cl)ccc1C. The van der Waals surface area contributed by atoms with Crippen molar-refractivity contribution in [2.75, 3.05) is 13.2 Å². The van der Waals surface area contributed by atoms with Crippen molar-refractivity contribution in [2.24, 2.45) is 0 Å². The maximum Gasteiger partial charge on any atom is 0.261 e. The van der Waals surface area contributed by atoms with Crippen molar-refractivity contribution in [3.63, 3.8) is 0 Å². The highest BCUT2D eigenvalue weighted by atomic mass is 35.7. The molecule has 5 nitrogen and oxygen atoms in total. The Morgan fingerprint density at radius 3 is 2.65 bits per heavy atom. The minimum atomic E-state index is -3.85. The van der Waals surface area contributed by atoms with Gasteiger partial charge in [-0.1, -0.05) is 6.07 Å². The predicted molar refractivity (Wildman–Crippen MR) is 77.6 cm³/mol. The van der Waals surface area contributed by atoms with E-state index in [1.54, 1.807) is 13.0 Å². The molecule has 0 aliphatic rings. The second kappa shape index (κ2) is 7.06. The van der Waals surface area contributed by atoms with Gasteiger partial charge in [-0.25, -0.2) is 8.42 Å². The Hall–Kier alpha value is -1.11. The molecule has 0 saturated heterocycles. The molecule has 0 aliphatic carbocycles. The van der Waals surface area contributed by atoms with E-state index in [2.05, 4.69) is 5.32 Å². The number of nitrogens with one attached hydrogen (secondary N) is 1. The third-order valence-corrected chi connectivity index (χ3v) is 4.04. The Kier molecular flexibility index (Phi) is 5.98. The van der Waals surface area contributed by atoms with Crippen molar-refractivity contribution in [3.05, 3.63) is 29.3 Å². The first-order valence-corrected chi connectivity index (χ1v) is 8.50. The van der Waals surface area contributed by atoms with E-state index in [0.29, 0.717) is 18.8 Å². The first-order valence-electron chi connectivity index (χ1n) is 6.19. The first kappa shape index (κ1) is 16.9. The molecule has 7 heteroatoms. The summed E-state index contributed by atoms with van der Waals surface area (Å²) in [7, 11) is 1.43. The summed E-state index contributed by atoms with van der Waals surface area (Å²) in [5.41, 5.74) is 0.963. The number of aryl methyl sites for hydroxylation is 1. The second-order valence-electron chi connectivity index (χ2n) is 4.45. The van der Waals surface area contributed by atoms with Gasteiger partial charge in [0.05, 0.1) is 11.5 Å². The summed E-state index contributed by atoms with van der Waals surface area (Å²) in [4.78, 5) is 12.0. The van der Waals surface area contributed by atoms with Crippen molar-refractivity contribution in [2.45, 2.75) is 31.7 Å². The quantitative estimate of drug-likeness (QED) is 0.815. The fraction of sp³-hybridized carbons (Fsp3) is 0.462. The van der Waals surface area contributed by atoms with E-state index in [-0.39, 0.29) is 22.4 Å². The van der Waals surface area contributed by atoms with Crippen LogP contribution in [-0.4, -0.2) is 33.6 Å². The van der Waals surface area contributed by atoms with E-state index in [0.717, 1.165) is 0 Å². The molecule has 0 spiro atoms. The number of hydrogen-bond donors (Lipinski definition) is 1. The number of hydrogen-bond acceptors (Lipinski definition) is 4. The van der Waals surface area contributed by atoms with Gasteiger partial charge in [-0.15, -0.1) is 0 Å². The van der Waals surface area contributed by atoms with Crippen molar-refractivity contribution in [1.29, 1.82) is 0 Å². The fourth-order valence-electron chi connectivity index (χ4n) is 1.64. The van der Waals surface area contributed by atoms with Crippen LogP contribution in [0.25, 0.3) is 0 Å². The van der Waals surface area contributed by atoms with Gasteiger partial charge in [-0.2, -0.15) is 0 Å². The minimum Gasteiger partial charge on any atom is -0.380 e. The maximum atomic E-state index is 12.1. The molecule has 0 aromatic heterocycles. The molecule has 1 rings (SSSR count). The molecule has 1 aromatic carbocycles. The van der Waals surface area contributed by atoms with E-state index in [1.165, 1.54) is 12.1 Å². The molecule has 0 radical (unpaired) electrons. The highest BCUT2D eigenvalue weighted by Crippen LogP contribution is 2.19. The van der Waals surface area contributed by atoms with Crippen LogP contribution in [0, 0.1) is 6.92 Å². The first-order chi connectivity index (χ1) is 9.25. The van der Waals surface area contributed by atoms with Crippen LogP contribution in [0.1, 0.15) is 29.8 Å². The van der Waals surface area contributed by atoms with Crippen molar-refractivity contribution in [3.8, 4) is 0 Å². The van der Waals surface area contributed by atoms with E-state index in [4.69, 9.17) is 15.4 Å². The Balaban J connectivity index is 2.93. The van der Waals surface area contributed by atoms with Gasteiger partial charge in [-0.05, 0) is 38.5 Å². The number of benzene rings is 1. The molecule has 0 heterocycles. The molecule has 0 saturated carbocycles. The lowest BCUT2D eigenvalue weighted by Crippen LogP contribution is -2.36. The van der Waals surface area contributed by atoms with E-state index in [9.17, 15) is 13.2 Å². The number of rotatable bonds is 6. The maximum absolute atomic E-state index is 12.1. The molecule has 20 heavy (non-hydrogen) atoms. The Morgan fingerprint density at radius 2 is 2.10 bits per heavy atom. The zero-order valence-electron chi connectivity index (χ0n) is 11.6. The van der Waals surface area contributed by atoms with E-state index in [1.807, 2.05) is 13.8 Å². The van der Waals surface area contributed by atoms with Gasteiger partial charge in [-0.3, -0.25) is 4.79 Å². The van der Waals surface area contributed by atoms with Gasteiger partial charge < -0.3 is 10.1 Å². The normalized spacial score (nSPS) is 13.0. The van der Waals surface area contributed by atoms with Crippen molar-refractivity contribution in [1.82, 2.24) is 5.32 Å². The molecule has 1 unspecified atom stereocenters. The van der Waals surface area contributed by atoms with Crippen LogP contribution >= 0.6 is 10.7 Å². The predicted octanol–water partition coefficient (Wildman–Crippen LogP) is 2.08. The summed E-state index contributed by atoms with van der Waals surface area (Å²) in [5.74, 6) is -0.350. The van der Waals surface area contributed by atoms with E-state index >= 15 is 0 Å². The average Bonchev–Trinajstić information content (AvgIpc) is 2.35. The van der Waals surface area contributed by atoms with Gasteiger partial charge in [0.25, 0.3) is 15.0 Å². The zero-order valence-corrected chi connectivity index (χ0v) is 13.2. The molecule has 1 N–H and O–H groups in total. The molecule has 0 aliphatic heterocycles. The van der Waals surface area contributed by atoms with Gasteiger partial charge in [0.1, 0.15) is 0 Å². The molecule has 1 amide bonds. The lowest BCUT2D eigenvalue weighted by molar-refractivity contribution is 0.0871. The number of halogens is 1. The molecule has 0 fully saturated rings. The lowest BCUT2D eigenvalue weighted by Gasteiger charge is -2.15. The summed E-state index contributed by atoms with van der Waals surface area (Å²) in [6.07, 6.45) is 0. The second-order valence-corrected chi connectivity index (χ2v) is 7.01. The number of amides is 1. The Morgan fingerprint density at radius 1 is 1.45 bits per heavy atom. The third-order valence-electron chi connectivity index (χ3n) is 2.68. The summed E-state index contributed by atoms with van der Waals surface area (Å²) in [6.45, 7) is 6.37. The monoisotopic (exact) mass is 319 g/mol. The third kappa shape index (κ3) is 4.77. The standard InChI is InChI=1S/C13H18ClNO4S/c1-4-19-8-10(3)15-13(16)12-7-11(20(14,17)18)6-5-9(12)2/h5-7,10H,4,8H2,1-3H3,(H,15,16). The molecule has 0 bridgehead atoms. The largest absolute Gasteiger partial charge is 0.380 e. The van der Waals surface area contributed by atoms with Crippen molar-refractivity contribution >= 4 is 25.6 Å². The van der Waals surface area contributed by atoms with Crippen LogP contribution in [0.15, 0.2) is 23.1 Å². The lowest BCUT2D eigenvalue weighted by atomic mass is 10.1.